The van der Waals surface area contributed by atoms with Crippen LogP contribution in [0.1, 0.15) is 19.4 Å². The van der Waals surface area contributed by atoms with Crippen LogP contribution in [0.15, 0.2) is 12.3 Å². The molecule has 1 aromatic heterocycles. The maximum atomic E-state index is 2.78. The second-order valence-corrected chi connectivity index (χ2v) is 2.91. The van der Waals surface area contributed by atoms with Gasteiger partial charge in [0.05, 0.1) is 0 Å². The normalized spacial score (nSPS) is 10.3. The van der Waals surface area contributed by atoms with Gasteiger partial charge in [-0.05, 0) is 25.0 Å². The number of rotatable bonds is 2. The predicted molar refractivity (Wildman–Crippen MR) is 48.8 cm³/mol. The van der Waals surface area contributed by atoms with Gasteiger partial charge < -0.3 is 4.57 Å². The van der Waals surface area contributed by atoms with E-state index in [1.807, 2.05) is 0 Å². The molecule has 10 heavy (non-hydrogen) atoms. The molecular weight excluding hydrogens is 141 g/mol. The van der Waals surface area contributed by atoms with E-state index in [1.165, 1.54) is 11.0 Å². The zero-order valence-corrected chi connectivity index (χ0v) is 7.75. The molecule has 0 saturated heterocycles. The molecule has 1 aromatic rings. The van der Waals surface area contributed by atoms with Crippen molar-refractivity contribution in [3.8, 4) is 0 Å². The van der Waals surface area contributed by atoms with E-state index in [0.717, 1.165) is 13.0 Å². The van der Waals surface area contributed by atoms with Crippen molar-refractivity contribution in [3.05, 3.63) is 17.8 Å². The third kappa shape index (κ3) is 1.24. The van der Waals surface area contributed by atoms with E-state index in [2.05, 4.69) is 39.9 Å². The molecule has 0 aliphatic rings. The van der Waals surface area contributed by atoms with Crippen LogP contribution in [0.5, 0.6) is 0 Å². The van der Waals surface area contributed by atoms with Gasteiger partial charge in [0.25, 0.3) is 0 Å². The first-order chi connectivity index (χ1) is 4.79. The maximum Gasteiger partial charge on any atom is 0.0379 e. The maximum absolute atomic E-state index is 2.78. The van der Waals surface area contributed by atoms with Gasteiger partial charge in [0.2, 0.25) is 0 Å². The number of aromatic nitrogens is 1. The van der Waals surface area contributed by atoms with Crippen molar-refractivity contribution in [1.82, 2.24) is 4.57 Å². The Bertz CT molecular complexity index is 194. The first-order valence-corrected chi connectivity index (χ1v) is 4.30. The topological polar surface area (TPSA) is 4.93 Å². The molecule has 0 aliphatic carbocycles. The van der Waals surface area contributed by atoms with E-state index >= 15 is 0 Å². The van der Waals surface area contributed by atoms with Crippen LogP contribution in [0.2, 0.25) is 0 Å². The lowest BCUT2D eigenvalue weighted by Gasteiger charge is -2.01. The molecule has 0 saturated carbocycles. The Balaban J connectivity index is 2.97. The quantitative estimate of drug-likeness (QED) is 0.571. The second kappa shape index (κ2) is 3.21. The lowest BCUT2D eigenvalue weighted by Crippen LogP contribution is -2.09. The molecule has 0 aromatic carbocycles. The number of hydrogen-bond acceptors (Lipinski definition) is 0. The third-order valence-electron chi connectivity index (χ3n) is 1.82. The van der Waals surface area contributed by atoms with Crippen LogP contribution in [0.25, 0.3) is 0 Å². The largest absolute Gasteiger partial charge is 0.348 e. The van der Waals surface area contributed by atoms with Crippen LogP contribution in [0.4, 0.5) is 0 Å². The molecule has 1 heterocycles. The fourth-order valence-corrected chi connectivity index (χ4v) is 1.67. The molecule has 0 spiro atoms. The molecule has 0 radical (unpaired) electrons. The van der Waals surface area contributed by atoms with Crippen molar-refractivity contribution in [2.24, 2.45) is 0 Å². The third-order valence-corrected chi connectivity index (χ3v) is 2.52. The van der Waals surface area contributed by atoms with Gasteiger partial charge in [-0.3, -0.25) is 0 Å². The predicted octanol–water partition coefficient (Wildman–Crippen LogP) is 1.57. The Hall–Kier alpha value is -0.290. The molecule has 2 heteroatoms. The van der Waals surface area contributed by atoms with Gasteiger partial charge in [0.1, 0.15) is 0 Å². The highest BCUT2D eigenvalue weighted by atomic mass is 31.0. The number of nitrogens with zero attached hydrogens (tertiary/aromatic N) is 1. The molecule has 1 atom stereocenters. The summed E-state index contributed by atoms with van der Waals surface area (Å²) < 4.78 is 2.24. The van der Waals surface area contributed by atoms with Crippen LogP contribution in [-0.2, 0) is 13.0 Å². The molecule has 0 bridgehead atoms. The average Bonchev–Trinajstić information content (AvgIpc) is 2.30. The van der Waals surface area contributed by atoms with E-state index < -0.39 is 0 Å². The SMILES string of the molecule is CCc1ccn(CC)c1P. The highest BCUT2D eigenvalue weighted by Crippen LogP contribution is 2.03. The molecule has 56 valence electrons. The van der Waals surface area contributed by atoms with E-state index in [1.54, 1.807) is 0 Å². The van der Waals surface area contributed by atoms with Crippen LogP contribution in [0.3, 0.4) is 0 Å². The van der Waals surface area contributed by atoms with Crippen LogP contribution in [0, 0.1) is 0 Å². The highest BCUT2D eigenvalue weighted by Gasteiger charge is 1.99. The van der Waals surface area contributed by atoms with Crippen molar-refractivity contribution in [1.29, 1.82) is 0 Å². The molecule has 1 unspecified atom stereocenters. The number of aryl methyl sites for hydroxylation is 2. The summed E-state index contributed by atoms with van der Waals surface area (Å²) in [5.41, 5.74) is 2.77. The average molecular weight is 155 g/mol. The monoisotopic (exact) mass is 155 g/mol. The Morgan fingerprint density at radius 2 is 2.20 bits per heavy atom. The van der Waals surface area contributed by atoms with Crippen molar-refractivity contribution >= 4 is 14.7 Å². The summed E-state index contributed by atoms with van der Waals surface area (Å²) in [5, 5.41) is 0. The summed E-state index contributed by atoms with van der Waals surface area (Å²) in [6, 6.07) is 2.19. The Kier molecular flexibility index (Phi) is 2.50. The summed E-state index contributed by atoms with van der Waals surface area (Å²) >= 11 is 0. The Morgan fingerprint density at radius 1 is 1.50 bits per heavy atom. The molecule has 0 aliphatic heterocycles. The molecule has 0 fully saturated rings. The summed E-state index contributed by atoms with van der Waals surface area (Å²) in [5.74, 6) is 0. The van der Waals surface area contributed by atoms with Crippen LogP contribution in [-0.4, -0.2) is 4.57 Å². The van der Waals surface area contributed by atoms with Crippen molar-refractivity contribution in [3.63, 3.8) is 0 Å². The van der Waals surface area contributed by atoms with Crippen molar-refractivity contribution in [2.75, 3.05) is 0 Å². The minimum Gasteiger partial charge on any atom is -0.348 e. The Labute approximate surface area is 64.6 Å². The van der Waals surface area contributed by atoms with Gasteiger partial charge in [-0.25, -0.2) is 0 Å². The first kappa shape index (κ1) is 7.81. The summed E-state index contributed by atoms with van der Waals surface area (Å²) in [6.45, 7) is 5.41. The zero-order valence-electron chi connectivity index (χ0n) is 6.59. The van der Waals surface area contributed by atoms with Gasteiger partial charge in [-0.15, -0.1) is 0 Å². The van der Waals surface area contributed by atoms with Crippen LogP contribution < -0.4 is 5.44 Å². The fraction of sp³-hybridized carbons (Fsp3) is 0.500. The molecule has 1 nitrogen and oxygen atoms in total. The first-order valence-electron chi connectivity index (χ1n) is 3.73. The van der Waals surface area contributed by atoms with E-state index in [4.69, 9.17) is 0 Å². The lowest BCUT2D eigenvalue weighted by molar-refractivity contribution is 0.790. The highest BCUT2D eigenvalue weighted by molar-refractivity contribution is 7.27. The smallest absolute Gasteiger partial charge is 0.0379 e. The van der Waals surface area contributed by atoms with Gasteiger partial charge in [-0.2, -0.15) is 0 Å². The van der Waals surface area contributed by atoms with Gasteiger partial charge in [-0.1, -0.05) is 16.2 Å². The molecule has 0 N–H and O–H groups in total. The van der Waals surface area contributed by atoms with Crippen molar-refractivity contribution < 1.29 is 0 Å². The fourth-order valence-electron chi connectivity index (χ4n) is 1.10. The summed E-state index contributed by atoms with van der Waals surface area (Å²) in [6.07, 6.45) is 3.27. The molecule has 1 rings (SSSR count). The van der Waals surface area contributed by atoms with Gasteiger partial charge in [0.15, 0.2) is 0 Å². The summed E-state index contributed by atoms with van der Waals surface area (Å²) in [4.78, 5) is 0. The Morgan fingerprint density at radius 3 is 2.50 bits per heavy atom. The lowest BCUT2D eigenvalue weighted by atomic mass is 10.3. The van der Waals surface area contributed by atoms with Gasteiger partial charge >= 0.3 is 0 Å². The van der Waals surface area contributed by atoms with E-state index in [0.29, 0.717) is 0 Å². The van der Waals surface area contributed by atoms with E-state index in [-0.39, 0.29) is 0 Å². The zero-order chi connectivity index (χ0) is 7.56. The minimum absolute atomic E-state index is 1.07. The standard InChI is InChI=1S/C8H14NP/c1-3-7-5-6-9(4-2)8(7)10/h5-6H,3-4,10H2,1-2H3. The van der Waals surface area contributed by atoms with E-state index in [9.17, 15) is 0 Å². The minimum atomic E-state index is 1.07. The van der Waals surface area contributed by atoms with Gasteiger partial charge in [0, 0.05) is 18.2 Å². The number of hydrogen-bond donors (Lipinski definition) is 0. The van der Waals surface area contributed by atoms with Crippen LogP contribution >= 0.6 is 9.24 Å². The van der Waals surface area contributed by atoms with Crippen molar-refractivity contribution in [2.45, 2.75) is 26.8 Å². The second-order valence-electron chi connectivity index (χ2n) is 2.37. The summed E-state index contributed by atoms with van der Waals surface area (Å²) in [7, 11) is 2.78. The molecule has 0 amide bonds. The molecular formula is C8H14NP.